The maximum absolute atomic E-state index is 12.1. The molecular formula is C65H67BrN22O10. The Kier molecular flexibility index (Phi) is 24.8. The van der Waals surface area contributed by atoms with Gasteiger partial charge < -0.3 is 66.8 Å². The lowest BCUT2D eigenvalue weighted by Crippen LogP contribution is -2.31. The molecule has 4 amide bonds. The normalized spacial score (nSPS) is 10.3. The number of para-hydroxylation sites is 2. The predicted octanol–water partition coefficient (Wildman–Crippen LogP) is 6.61. The Hall–Kier alpha value is -12.8. The number of rotatable bonds is 15. The SMILES string of the molecule is C.CN(C)C(=O)c1ccc(-c2cnc(N)c(-c3nnc(-c4ccccc4O)o3)n2)cc1.CN(C)C(=O)c1ccc(-c2cnc(N)c(-c3nnc(-c4ccccc4OCCN)o3)n2)cc1.CN(C)C(=O)c1ccc(-c2cnc(N)c(C(=O)NN)n2)cc1.COC(=O)c1nc(Br)cnc1N. The number of carbonyl (C=O) groups is 5. The third kappa shape index (κ3) is 17.9. The molecule has 0 unspecified atom stereocenters. The molecule has 98 heavy (non-hydrogen) atoms. The molecule has 0 saturated carbocycles. The van der Waals surface area contributed by atoms with E-state index in [4.69, 9.17) is 48.1 Å². The van der Waals surface area contributed by atoms with Crippen LogP contribution in [0.15, 0.2) is 160 Å². The number of hydrogen-bond acceptors (Lipinski definition) is 28. The van der Waals surface area contributed by atoms with E-state index in [1.165, 1.54) is 46.5 Å². The van der Waals surface area contributed by atoms with Gasteiger partial charge in [0.15, 0.2) is 46.0 Å². The van der Waals surface area contributed by atoms with Crippen molar-refractivity contribution in [2.45, 2.75) is 7.43 Å². The molecule has 504 valence electrons. The fourth-order valence-electron chi connectivity index (χ4n) is 8.36. The highest BCUT2D eigenvalue weighted by atomic mass is 79.9. The number of carbonyl (C=O) groups excluding carboxylic acids is 5. The van der Waals surface area contributed by atoms with Crippen LogP contribution in [0.25, 0.3) is 79.8 Å². The summed E-state index contributed by atoms with van der Waals surface area (Å²) in [6, 6.07) is 34.8. The third-order valence-corrected chi connectivity index (χ3v) is 13.7. The molecule has 5 aromatic carbocycles. The number of amides is 4. The number of aromatic hydroxyl groups is 1. The van der Waals surface area contributed by atoms with Crippen LogP contribution in [0.1, 0.15) is 59.5 Å². The first-order chi connectivity index (χ1) is 46.5. The minimum atomic E-state index is -0.619. The first-order valence-electron chi connectivity index (χ1n) is 28.6. The molecule has 6 aromatic heterocycles. The number of nitrogens with zero attached hydrogens (tertiary/aromatic N) is 15. The van der Waals surface area contributed by atoms with E-state index in [9.17, 15) is 29.1 Å². The number of halogens is 1. The lowest BCUT2D eigenvalue weighted by atomic mass is 10.1. The number of hydrogen-bond donors (Lipinski definition) is 8. The van der Waals surface area contributed by atoms with Gasteiger partial charge >= 0.3 is 5.97 Å². The standard InChI is InChI=1S/C23H23N7O3.C21H18N6O3.C14H16N6O2.C6H6BrN3O2.CH4/c1-30(2)23(31)15-9-7-14(8-10-15)17-13-26-20(25)19(27-17)22-29-28-21(33-22)16-5-3-4-6-18(16)32-12-11-24;1-27(2)21(29)13-9-7-12(8-10-13)15-11-23-18(22)17(24-15)20-26-25-19(30-20)14-5-3-4-6-16(14)28;1-20(2)14(22)9-5-3-8(4-6-9)10-7-17-12(15)11(18-10)13(21)19-16;1-12-6(11)4-5(8)9-2-3(7)10-4;/h3-10,13H,11-12,24H2,1-2H3,(H2,25,26);3-11,28H,1-2H3,(H2,22,23);3-7H,16H2,1-2H3,(H2,15,17)(H,19,21);2H,1H3,(H2,8,9);1H4. The quantitative estimate of drug-likeness (QED) is 0.0232. The number of nitrogen functional groups attached to an aromatic ring is 5. The maximum Gasteiger partial charge on any atom is 0.360 e. The second kappa shape index (κ2) is 33.4. The zero-order valence-electron chi connectivity index (χ0n) is 52.9. The summed E-state index contributed by atoms with van der Waals surface area (Å²) in [5.41, 5.74) is 37.4. The molecule has 0 fully saturated rings. The molecule has 0 aliphatic carbocycles. The van der Waals surface area contributed by atoms with Crippen molar-refractivity contribution in [2.24, 2.45) is 11.6 Å². The summed E-state index contributed by atoms with van der Waals surface area (Å²) in [6.45, 7) is 0.740. The molecule has 14 N–H and O–H groups in total. The molecule has 0 aliphatic heterocycles. The number of nitrogens with one attached hydrogen (secondary N) is 1. The Balaban J connectivity index is 0.000000193. The molecule has 0 radical (unpaired) electrons. The number of aromatic nitrogens is 12. The predicted molar refractivity (Wildman–Crippen MR) is 367 cm³/mol. The number of methoxy groups -OCH3 is 1. The Bertz CT molecular complexity index is 4610. The van der Waals surface area contributed by atoms with E-state index in [0.29, 0.717) is 74.0 Å². The van der Waals surface area contributed by atoms with Crippen LogP contribution in [-0.2, 0) is 4.74 Å². The summed E-state index contributed by atoms with van der Waals surface area (Å²) in [5.74, 6) is 5.14. The molecule has 0 saturated heterocycles. The maximum atomic E-state index is 12.1. The number of nitrogens with two attached hydrogens (primary N) is 6. The van der Waals surface area contributed by atoms with Crippen molar-refractivity contribution in [3.8, 4) is 91.3 Å². The van der Waals surface area contributed by atoms with Crippen LogP contribution in [-0.4, -0.2) is 172 Å². The summed E-state index contributed by atoms with van der Waals surface area (Å²) in [6.07, 6.45) is 5.93. The molecule has 0 atom stereocenters. The van der Waals surface area contributed by atoms with Gasteiger partial charge in [-0.1, -0.05) is 68.1 Å². The Labute approximate surface area is 568 Å². The molecule has 0 bridgehead atoms. The number of benzene rings is 5. The number of phenolic OH excluding ortho intramolecular Hbond substituents is 1. The minimum Gasteiger partial charge on any atom is -0.507 e. The van der Waals surface area contributed by atoms with Crippen molar-refractivity contribution in [1.29, 1.82) is 0 Å². The van der Waals surface area contributed by atoms with Crippen molar-refractivity contribution in [1.82, 2.24) is 80.4 Å². The smallest absolute Gasteiger partial charge is 0.360 e. The molecule has 0 spiro atoms. The van der Waals surface area contributed by atoms with Crippen molar-refractivity contribution < 1.29 is 47.4 Å². The zero-order valence-corrected chi connectivity index (χ0v) is 54.5. The van der Waals surface area contributed by atoms with Crippen LogP contribution in [0.4, 0.5) is 23.3 Å². The van der Waals surface area contributed by atoms with E-state index in [1.807, 2.05) is 23.6 Å². The Morgan fingerprint density at radius 3 is 1.33 bits per heavy atom. The molecule has 11 aromatic rings. The summed E-state index contributed by atoms with van der Waals surface area (Å²) < 4.78 is 22.1. The van der Waals surface area contributed by atoms with E-state index in [-0.39, 0.29) is 101 Å². The Morgan fingerprint density at radius 2 is 0.898 bits per heavy atom. The average Bonchev–Trinajstić information content (AvgIpc) is 1.26. The van der Waals surface area contributed by atoms with Crippen molar-refractivity contribution in [3.63, 3.8) is 0 Å². The average molecular weight is 1400 g/mol. The summed E-state index contributed by atoms with van der Waals surface area (Å²) >= 11 is 3.06. The van der Waals surface area contributed by atoms with Gasteiger partial charge in [-0.2, -0.15) is 0 Å². The van der Waals surface area contributed by atoms with E-state index in [2.05, 4.69) is 80.9 Å². The highest BCUT2D eigenvalue weighted by Gasteiger charge is 2.22. The molecule has 33 heteroatoms. The largest absolute Gasteiger partial charge is 0.507 e. The summed E-state index contributed by atoms with van der Waals surface area (Å²) in [5, 5.41) is 26.2. The van der Waals surface area contributed by atoms with Gasteiger partial charge in [-0.05, 0) is 76.6 Å². The summed E-state index contributed by atoms with van der Waals surface area (Å²) in [7, 11) is 11.4. The van der Waals surface area contributed by atoms with Crippen molar-refractivity contribution >= 4 is 68.8 Å². The second-order valence-corrected chi connectivity index (χ2v) is 21.5. The van der Waals surface area contributed by atoms with Gasteiger partial charge in [-0.25, -0.2) is 50.5 Å². The Morgan fingerprint density at radius 1 is 0.510 bits per heavy atom. The van der Waals surface area contributed by atoms with Crippen LogP contribution in [0.5, 0.6) is 11.5 Å². The number of ether oxygens (including phenoxy) is 2. The topological polar surface area (TPSA) is 483 Å². The first-order valence-corrected chi connectivity index (χ1v) is 29.4. The molecule has 32 nitrogen and oxygen atoms in total. The van der Waals surface area contributed by atoms with Gasteiger partial charge in [0.2, 0.25) is 0 Å². The van der Waals surface area contributed by atoms with Gasteiger partial charge in [0.1, 0.15) is 22.7 Å². The lowest BCUT2D eigenvalue weighted by Gasteiger charge is -2.10. The van der Waals surface area contributed by atoms with Gasteiger partial charge in [0, 0.05) is 82.2 Å². The number of phenols is 1. The van der Waals surface area contributed by atoms with Crippen LogP contribution >= 0.6 is 15.9 Å². The molecule has 6 heterocycles. The van der Waals surface area contributed by atoms with E-state index in [1.54, 1.807) is 146 Å². The third-order valence-electron chi connectivity index (χ3n) is 13.3. The van der Waals surface area contributed by atoms with Crippen LogP contribution in [0.3, 0.4) is 0 Å². The lowest BCUT2D eigenvalue weighted by molar-refractivity contribution is 0.0593. The highest BCUT2D eigenvalue weighted by molar-refractivity contribution is 9.10. The fraction of sp³-hybridized carbons (Fsp3) is 0.154. The van der Waals surface area contributed by atoms with Crippen molar-refractivity contribution in [3.05, 3.63) is 179 Å². The number of hydrazine groups is 1. The van der Waals surface area contributed by atoms with E-state index >= 15 is 0 Å². The van der Waals surface area contributed by atoms with Crippen LogP contribution in [0, 0.1) is 0 Å². The van der Waals surface area contributed by atoms with E-state index < -0.39 is 11.9 Å². The van der Waals surface area contributed by atoms with Crippen LogP contribution < -0.4 is 44.7 Å². The van der Waals surface area contributed by atoms with Gasteiger partial charge in [0.05, 0.1) is 60.1 Å². The van der Waals surface area contributed by atoms with Gasteiger partial charge in [-0.15, -0.1) is 20.4 Å². The van der Waals surface area contributed by atoms with Gasteiger partial charge in [0.25, 0.3) is 47.2 Å². The molecular weight excluding hydrogens is 1330 g/mol. The highest BCUT2D eigenvalue weighted by Crippen LogP contribution is 2.34. The van der Waals surface area contributed by atoms with Crippen molar-refractivity contribution in [2.75, 3.05) is 85.5 Å². The molecule has 0 aliphatic rings. The fourth-order valence-corrected chi connectivity index (χ4v) is 8.64. The number of anilines is 4. The second-order valence-electron chi connectivity index (χ2n) is 20.7. The zero-order chi connectivity index (χ0) is 70.0. The first kappa shape index (κ1) is 72.7. The van der Waals surface area contributed by atoms with E-state index in [0.717, 1.165) is 11.1 Å². The molecule has 11 rings (SSSR count). The summed E-state index contributed by atoms with van der Waals surface area (Å²) in [4.78, 5) is 96.1. The minimum absolute atomic E-state index is 0. The monoisotopic (exact) mass is 1390 g/mol. The number of esters is 1. The van der Waals surface area contributed by atoms with Crippen LogP contribution in [0.2, 0.25) is 0 Å². The van der Waals surface area contributed by atoms with Gasteiger partial charge in [-0.3, -0.25) is 24.6 Å².